The minimum absolute atomic E-state index is 0.0480. The number of para-hydroxylation sites is 1. The zero-order chi connectivity index (χ0) is 38.4. The first kappa shape index (κ1) is 38.3. The number of methoxy groups -OCH3 is 1. The van der Waals surface area contributed by atoms with Crippen LogP contribution in [0.5, 0.6) is 17.2 Å². The first-order chi connectivity index (χ1) is 25.4. The Labute approximate surface area is 320 Å². The summed E-state index contributed by atoms with van der Waals surface area (Å²) < 4.78 is 35.0. The number of hydrogen-bond donors (Lipinski definition) is 6. The number of hydrogen-bond acceptors (Lipinski definition) is 7. The van der Waals surface area contributed by atoms with Crippen molar-refractivity contribution in [1.29, 1.82) is 0 Å². The Balaban J connectivity index is 0.000000204. The number of ether oxygens (including phenoxy) is 1. The molecule has 8 N–H and O–H groups in total. The quantitative estimate of drug-likeness (QED) is 0.0403. The summed E-state index contributed by atoms with van der Waals surface area (Å²) in [5, 5.41) is 43.9. The molecular weight excluding hydrogens is 814 g/mol. The van der Waals surface area contributed by atoms with Crippen LogP contribution < -0.4 is 16.2 Å². The van der Waals surface area contributed by atoms with Crippen LogP contribution in [0.15, 0.2) is 128 Å². The maximum Gasteiger partial charge on any atom is 0.170 e. The summed E-state index contributed by atoms with van der Waals surface area (Å²) in [5.74, 6) is -0.802. The normalized spacial score (nSPS) is 11.5. The topological polar surface area (TPSA) is 167 Å². The zero-order valence-electron chi connectivity index (χ0n) is 28.2. The molecule has 6 aromatic rings. The molecule has 9 nitrogen and oxygen atoms in total. The fourth-order valence-corrected chi connectivity index (χ4v) is 6.74. The summed E-state index contributed by atoms with van der Waals surface area (Å²) in [7, 11) is 1.38. The Hall–Kier alpha value is -5.92. The Morgan fingerprint density at radius 1 is 0.623 bits per heavy atom. The molecule has 0 aromatic heterocycles. The highest BCUT2D eigenvalue weighted by atomic mass is 79.9. The minimum Gasteiger partial charge on any atom is -0.508 e. The van der Waals surface area contributed by atoms with E-state index >= 15 is 0 Å². The zero-order valence-corrected chi connectivity index (χ0v) is 31.3. The largest absolute Gasteiger partial charge is 0.508 e. The summed E-state index contributed by atoms with van der Waals surface area (Å²) in [6.07, 6.45) is 0. The van der Waals surface area contributed by atoms with Crippen LogP contribution in [-0.4, -0.2) is 39.4 Å². The van der Waals surface area contributed by atoms with E-state index in [-0.39, 0.29) is 34.7 Å². The summed E-state index contributed by atoms with van der Waals surface area (Å²) >= 11 is 6.88. The molecule has 6 aromatic carbocycles. The lowest BCUT2D eigenvalue weighted by atomic mass is 9.88. The fraction of sp³-hybridized carbons (Fsp3) is 0.0500. The van der Waals surface area contributed by atoms with Gasteiger partial charge in [-0.2, -0.15) is 0 Å². The van der Waals surface area contributed by atoms with Gasteiger partial charge in [-0.3, -0.25) is 0 Å². The fourth-order valence-electron chi connectivity index (χ4n) is 5.82. The molecule has 0 aliphatic heterocycles. The van der Waals surface area contributed by atoms with Gasteiger partial charge in [-0.15, -0.1) is 0 Å². The number of amidine groups is 2. The van der Waals surface area contributed by atoms with Gasteiger partial charge in [-0.25, -0.2) is 8.78 Å². The number of aromatic hydroxyl groups is 2. The second kappa shape index (κ2) is 16.6. The maximum atomic E-state index is 14.3. The van der Waals surface area contributed by atoms with Gasteiger partial charge in [0.2, 0.25) is 0 Å². The highest BCUT2D eigenvalue weighted by molar-refractivity contribution is 9.10. The molecule has 0 saturated carbocycles. The molecule has 0 fully saturated rings. The number of rotatable bonds is 7. The van der Waals surface area contributed by atoms with E-state index in [2.05, 4.69) is 42.2 Å². The van der Waals surface area contributed by atoms with Gasteiger partial charge in [0.15, 0.2) is 23.2 Å². The predicted molar refractivity (Wildman–Crippen MR) is 210 cm³/mol. The lowest BCUT2D eigenvalue weighted by Gasteiger charge is -2.18. The van der Waals surface area contributed by atoms with Crippen molar-refractivity contribution >= 4 is 43.5 Å². The van der Waals surface area contributed by atoms with E-state index in [1.807, 2.05) is 19.1 Å². The van der Waals surface area contributed by atoms with Gasteiger partial charge in [0.1, 0.15) is 17.3 Å². The van der Waals surface area contributed by atoms with E-state index < -0.39 is 5.82 Å². The first-order valence-electron chi connectivity index (χ1n) is 15.7. The van der Waals surface area contributed by atoms with Crippen molar-refractivity contribution < 1.29 is 34.1 Å². The molecule has 0 unspecified atom stereocenters. The van der Waals surface area contributed by atoms with Crippen LogP contribution in [0, 0.1) is 18.6 Å². The number of halogens is 4. The van der Waals surface area contributed by atoms with Gasteiger partial charge in [-0.05, 0) is 107 Å². The van der Waals surface area contributed by atoms with Gasteiger partial charge in [0, 0.05) is 36.8 Å². The van der Waals surface area contributed by atoms with Gasteiger partial charge < -0.3 is 36.8 Å². The number of benzene rings is 6. The Morgan fingerprint density at radius 2 is 1.09 bits per heavy atom. The molecule has 0 aliphatic rings. The van der Waals surface area contributed by atoms with Crippen LogP contribution in [0.2, 0.25) is 0 Å². The number of oxime groups is 2. The van der Waals surface area contributed by atoms with E-state index in [9.17, 15) is 29.4 Å². The number of nitrogens with two attached hydrogens (primary N) is 2. The van der Waals surface area contributed by atoms with Gasteiger partial charge in [-0.1, -0.05) is 84.6 Å². The monoisotopic (exact) mass is 844 g/mol. The highest BCUT2D eigenvalue weighted by Gasteiger charge is 2.22. The van der Waals surface area contributed by atoms with Crippen molar-refractivity contribution in [1.82, 2.24) is 0 Å². The molecule has 6 rings (SSSR count). The number of phenols is 2. The third-order valence-electron chi connectivity index (χ3n) is 8.24. The molecule has 53 heavy (non-hydrogen) atoms. The summed E-state index contributed by atoms with van der Waals surface area (Å²) in [6.45, 7) is 1.87. The Bertz CT molecular complexity index is 2350. The third kappa shape index (κ3) is 8.43. The average Bonchev–Trinajstić information content (AvgIpc) is 3.15. The average molecular weight is 847 g/mol. The van der Waals surface area contributed by atoms with E-state index in [4.69, 9.17) is 16.2 Å². The van der Waals surface area contributed by atoms with Crippen LogP contribution in [0.4, 0.5) is 8.78 Å². The van der Waals surface area contributed by atoms with Gasteiger partial charge in [0.25, 0.3) is 0 Å². The van der Waals surface area contributed by atoms with Crippen LogP contribution >= 0.6 is 31.9 Å². The predicted octanol–water partition coefficient (Wildman–Crippen LogP) is 9.76. The second-order valence-electron chi connectivity index (χ2n) is 11.6. The summed E-state index contributed by atoms with van der Waals surface area (Å²) in [4.78, 5) is 0. The Morgan fingerprint density at radius 3 is 1.55 bits per heavy atom. The van der Waals surface area contributed by atoms with Crippen molar-refractivity contribution in [3.63, 3.8) is 0 Å². The maximum absolute atomic E-state index is 14.3. The molecule has 0 amide bonds. The molecular formula is C40H32Br2F2N4O5. The van der Waals surface area contributed by atoms with E-state index in [0.29, 0.717) is 43.4 Å². The van der Waals surface area contributed by atoms with E-state index in [1.54, 1.807) is 78.9 Å². The van der Waals surface area contributed by atoms with Gasteiger partial charge >= 0.3 is 0 Å². The Kier molecular flexibility index (Phi) is 12.0. The molecule has 0 atom stereocenters. The van der Waals surface area contributed by atoms with Crippen LogP contribution in [0.25, 0.3) is 44.5 Å². The molecule has 0 spiro atoms. The molecule has 0 radical (unpaired) electrons. The van der Waals surface area contributed by atoms with Crippen molar-refractivity contribution in [2.75, 3.05) is 7.11 Å². The minimum atomic E-state index is -0.528. The highest BCUT2D eigenvalue weighted by Crippen LogP contribution is 2.43. The standard InChI is InChI=1S/C20H16BrFN2O3.C20H16BrFN2O2/c1-27-19-14(3-2-4-17(19)22)18-15(11-5-7-13(25)8-6-11)9-12(21)10-16(18)20(23)24-26;1-11-2-5-14(22)10-16(11)19-17(12-3-6-15(25)7-4-12)8-13(21)9-18(19)20(23)24-26/h2-10,25-26H,1H3,(H2,23,24);2-10,25-26H,1H3,(H2,23,24). The van der Waals surface area contributed by atoms with Crippen LogP contribution in [-0.2, 0) is 0 Å². The van der Waals surface area contributed by atoms with E-state index in [0.717, 1.165) is 26.7 Å². The molecule has 0 aliphatic carbocycles. The lowest BCUT2D eigenvalue weighted by Crippen LogP contribution is -2.15. The van der Waals surface area contributed by atoms with Crippen molar-refractivity contribution in [3.05, 3.63) is 146 Å². The third-order valence-corrected chi connectivity index (χ3v) is 9.16. The van der Waals surface area contributed by atoms with Crippen molar-refractivity contribution in [3.8, 4) is 61.8 Å². The van der Waals surface area contributed by atoms with Crippen LogP contribution in [0.3, 0.4) is 0 Å². The molecule has 0 saturated heterocycles. The molecule has 0 heterocycles. The second-order valence-corrected chi connectivity index (χ2v) is 13.4. The summed E-state index contributed by atoms with van der Waals surface area (Å²) in [6, 6.07) is 29.4. The van der Waals surface area contributed by atoms with Crippen molar-refractivity contribution in [2.24, 2.45) is 21.8 Å². The summed E-state index contributed by atoms with van der Waals surface area (Å²) in [5.41, 5.74) is 18.8. The number of phenolic OH excluding ortho intramolecular Hbond substituents is 2. The smallest absolute Gasteiger partial charge is 0.170 e. The SMILES string of the molecule is COc1c(F)cccc1-c1c(C(N)=NO)cc(Br)cc1-c1ccc(O)cc1.Cc1ccc(F)cc1-c1c(C(N)=NO)cc(Br)cc1-c1ccc(O)cc1. The van der Waals surface area contributed by atoms with E-state index in [1.165, 1.54) is 25.3 Å². The van der Waals surface area contributed by atoms with Crippen molar-refractivity contribution in [2.45, 2.75) is 6.92 Å². The molecule has 13 heteroatoms. The molecule has 270 valence electrons. The van der Waals surface area contributed by atoms with Crippen LogP contribution in [0.1, 0.15) is 16.7 Å². The number of aryl methyl sites for hydroxylation is 1. The molecule has 0 bridgehead atoms. The first-order valence-corrected chi connectivity index (χ1v) is 17.3. The number of nitrogens with zero attached hydrogens (tertiary/aromatic N) is 2. The van der Waals surface area contributed by atoms with Gasteiger partial charge in [0.05, 0.1) is 7.11 Å². The lowest BCUT2D eigenvalue weighted by molar-refractivity contribution is 0.318.